The van der Waals surface area contributed by atoms with Gasteiger partial charge in [0, 0.05) is 44.1 Å². The summed E-state index contributed by atoms with van der Waals surface area (Å²) >= 11 is 7.60. The normalized spacial score (nSPS) is 21.6. The molecular formula is C19H28ClN3O3S. The zero-order valence-corrected chi connectivity index (χ0v) is 17.8. The first kappa shape index (κ1) is 20.4. The van der Waals surface area contributed by atoms with Crippen molar-refractivity contribution in [3.8, 4) is 0 Å². The Morgan fingerprint density at radius 3 is 2.48 bits per heavy atom. The Balaban J connectivity index is 1.53. The molecule has 1 atom stereocenters. The van der Waals surface area contributed by atoms with Crippen LogP contribution in [0.15, 0.2) is 12.1 Å². The summed E-state index contributed by atoms with van der Waals surface area (Å²) in [6, 6.07) is 3.59. The Labute approximate surface area is 170 Å². The van der Waals surface area contributed by atoms with Crippen molar-refractivity contribution in [2.24, 2.45) is 0 Å². The molecule has 27 heavy (non-hydrogen) atoms. The van der Waals surface area contributed by atoms with Crippen molar-refractivity contribution >= 4 is 34.9 Å². The average Bonchev–Trinajstić information content (AvgIpc) is 3.22. The lowest BCUT2D eigenvalue weighted by molar-refractivity contribution is -0.137. The van der Waals surface area contributed by atoms with Crippen LogP contribution in [0.25, 0.3) is 0 Å². The molecule has 2 aliphatic rings. The second kappa shape index (κ2) is 8.37. The summed E-state index contributed by atoms with van der Waals surface area (Å²) in [6.07, 6.45) is 1.17. The number of halogens is 1. The fourth-order valence-electron chi connectivity index (χ4n) is 3.56. The van der Waals surface area contributed by atoms with Gasteiger partial charge in [0.1, 0.15) is 11.6 Å². The van der Waals surface area contributed by atoms with Gasteiger partial charge in [-0.05, 0) is 45.7 Å². The second-order valence-corrected chi connectivity index (χ2v) is 9.94. The molecule has 0 aliphatic carbocycles. The molecule has 2 aliphatic heterocycles. The van der Waals surface area contributed by atoms with E-state index in [1.54, 1.807) is 16.2 Å². The van der Waals surface area contributed by atoms with E-state index in [1.807, 2.05) is 31.7 Å². The second-order valence-electron chi connectivity index (χ2n) is 8.14. The summed E-state index contributed by atoms with van der Waals surface area (Å²) in [5.74, 6) is 0.0529. The summed E-state index contributed by atoms with van der Waals surface area (Å²) in [4.78, 5) is 32.5. The largest absolute Gasteiger partial charge is 0.444 e. The fraction of sp³-hybridized carbons (Fsp3) is 0.684. The van der Waals surface area contributed by atoms with Crippen molar-refractivity contribution in [2.75, 3.05) is 32.7 Å². The predicted molar refractivity (Wildman–Crippen MR) is 107 cm³/mol. The van der Waals surface area contributed by atoms with Gasteiger partial charge in [0.2, 0.25) is 5.91 Å². The number of hydrogen-bond donors (Lipinski definition) is 0. The molecule has 0 N–H and O–H groups in total. The average molecular weight is 414 g/mol. The third-order valence-corrected chi connectivity index (χ3v) is 6.07. The monoisotopic (exact) mass is 413 g/mol. The predicted octanol–water partition coefficient (Wildman–Crippen LogP) is 3.45. The molecule has 0 aromatic carbocycles. The molecule has 0 bridgehead atoms. The quantitative estimate of drug-likeness (QED) is 0.761. The van der Waals surface area contributed by atoms with E-state index in [0.29, 0.717) is 26.1 Å². The number of amides is 2. The highest BCUT2D eigenvalue weighted by Crippen LogP contribution is 2.25. The van der Waals surface area contributed by atoms with Crippen LogP contribution >= 0.6 is 22.9 Å². The van der Waals surface area contributed by atoms with Gasteiger partial charge in [-0.3, -0.25) is 14.6 Å². The van der Waals surface area contributed by atoms with Gasteiger partial charge in [0.15, 0.2) is 0 Å². The summed E-state index contributed by atoms with van der Waals surface area (Å²) in [7, 11) is 0. The van der Waals surface area contributed by atoms with E-state index in [2.05, 4.69) is 11.0 Å². The van der Waals surface area contributed by atoms with E-state index in [0.717, 1.165) is 30.4 Å². The van der Waals surface area contributed by atoms with E-state index >= 15 is 0 Å². The number of nitrogens with zero attached hydrogens (tertiary/aromatic N) is 3. The third-order valence-electron chi connectivity index (χ3n) is 4.86. The molecule has 1 aromatic rings. The number of rotatable bonds is 3. The zero-order chi connectivity index (χ0) is 19.6. The molecule has 0 radical (unpaired) electrons. The SMILES string of the molecule is CC(C)(C)OC(=O)N1CCC[C@H]1C(=O)N1CCN(Cc2ccc(Cl)s2)CC1. The van der Waals surface area contributed by atoms with E-state index in [4.69, 9.17) is 16.3 Å². The molecule has 3 rings (SSSR count). The molecule has 150 valence electrons. The highest BCUT2D eigenvalue weighted by Gasteiger charge is 2.39. The Morgan fingerprint density at radius 1 is 1.19 bits per heavy atom. The first-order chi connectivity index (χ1) is 12.7. The minimum absolute atomic E-state index is 0.0529. The van der Waals surface area contributed by atoms with Crippen molar-refractivity contribution in [1.29, 1.82) is 0 Å². The number of piperazine rings is 1. The maximum Gasteiger partial charge on any atom is 0.410 e. The van der Waals surface area contributed by atoms with Crippen molar-refractivity contribution in [1.82, 2.24) is 14.7 Å². The Morgan fingerprint density at radius 2 is 1.89 bits per heavy atom. The summed E-state index contributed by atoms with van der Waals surface area (Å²) in [5, 5.41) is 0. The maximum absolute atomic E-state index is 13.0. The van der Waals surface area contributed by atoms with E-state index in [-0.39, 0.29) is 18.0 Å². The van der Waals surface area contributed by atoms with E-state index in [1.165, 1.54) is 4.88 Å². The first-order valence-electron chi connectivity index (χ1n) is 9.48. The molecular weight excluding hydrogens is 386 g/mol. The van der Waals surface area contributed by atoms with Gasteiger partial charge >= 0.3 is 6.09 Å². The lowest BCUT2D eigenvalue weighted by Gasteiger charge is -2.37. The number of carbonyl (C=O) groups excluding carboxylic acids is 2. The molecule has 1 aromatic heterocycles. The molecule has 2 fully saturated rings. The van der Waals surface area contributed by atoms with E-state index < -0.39 is 5.60 Å². The summed E-state index contributed by atoms with van der Waals surface area (Å²) < 4.78 is 6.28. The van der Waals surface area contributed by atoms with Crippen LogP contribution in [0.2, 0.25) is 4.34 Å². The standard InChI is InChI=1S/C19H28ClN3O3S/c1-19(2,3)26-18(25)23-8-4-5-15(23)17(24)22-11-9-21(10-12-22)13-14-6-7-16(20)27-14/h6-7,15H,4-5,8-13H2,1-3H3/t15-/m0/s1. The lowest BCUT2D eigenvalue weighted by Crippen LogP contribution is -2.54. The van der Waals surface area contributed by atoms with Gasteiger partial charge in [-0.1, -0.05) is 11.6 Å². The molecule has 0 unspecified atom stereocenters. The minimum Gasteiger partial charge on any atom is -0.444 e. The number of hydrogen-bond acceptors (Lipinski definition) is 5. The molecule has 6 nitrogen and oxygen atoms in total. The van der Waals surface area contributed by atoms with Crippen LogP contribution in [0.4, 0.5) is 4.79 Å². The summed E-state index contributed by atoms with van der Waals surface area (Å²) in [5.41, 5.74) is -0.552. The highest BCUT2D eigenvalue weighted by atomic mass is 35.5. The van der Waals surface area contributed by atoms with Crippen LogP contribution in [0.3, 0.4) is 0 Å². The zero-order valence-electron chi connectivity index (χ0n) is 16.2. The van der Waals surface area contributed by atoms with Gasteiger partial charge in [-0.25, -0.2) is 4.79 Å². The molecule has 8 heteroatoms. The van der Waals surface area contributed by atoms with Gasteiger partial charge in [-0.2, -0.15) is 0 Å². The van der Waals surface area contributed by atoms with Crippen molar-refractivity contribution in [2.45, 2.75) is 51.8 Å². The number of likely N-dealkylation sites (tertiary alicyclic amines) is 1. The van der Waals surface area contributed by atoms with Crippen molar-refractivity contribution < 1.29 is 14.3 Å². The Kier molecular flexibility index (Phi) is 6.33. The number of carbonyl (C=O) groups is 2. The summed E-state index contributed by atoms with van der Waals surface area (Å²) in [6.45, 7) is 10.0. The minimum atomic E-state index is -0.552. The van der Waals surface area contributed by atoms with Gasteiger partial charge in [-0.15, -0.1) is 11.3 Å². The highest BCUT2D eigenvalue weighted by molar-refractivity contribution is 7.16. The molecule has 3 heterocycles. The topological polar surface area (TPSA) is 53.1 Å². The van der Waals surface area contributed by atoms with Gasteiger partial charge in [0.25, 0.3) is 0 Å². The first-order valence-corrected chi connectivity index (χ1v) is 10.7. The Bertz CT molecular complexity index is 680. The van der Waals surface area contributed by atoms with Gasteiger partial charge < -0.3 is 9.64 Å². The van der Waals surface area contributed by atoms with Crippen LogP contribution in [-0.2, 0) is 16.1 Å². The lowest BCUT2D eigenvalue weighted by atomic mass is 10.1. The third kappa shape index (κ3) is 5.36. The van der Waals surface area contributed by atoms with Crippen LogP contribution in [0.5, 0.6) is 0 Å². The van der Waals surface area contributed by atoms with Crippen LogP contribution in [-0.4, -0.2) is 71.1 Å². The van der Waals surface area contributed by atoms with Crippen molar-refractivity contribution in [3.05, 3.63) is 21.3 Å². The molecule has 0 spiro atoms. The Hall–Kier alpha value is -1.31. The van der Waals surface area contributed by atoms with Gasteiger partial charge in [0.05, 0.1) is 4.34 Å². The van der Waals surface area contributed by atoms with Crippen LogP contribution < -0.4 is 0 Å². The smallest absolute Gasteiger partial charge is 0.410 e. The van der Waals surface area contributed by atoms with E-state index in [9.17, 15) is 9.59 Å². The van der Waals surface area contributed by atoms with Crippen LogP contribution in [0.1, 0.15) is 38.5 Å². The molecule has 0 saturated carbocycles. The van der Waals surface area contributed by atoms with Crippen LogP contribution in [0, 0.1) is 0 Å². The number of ether oxygens (including phenoxy) is 1. The maximum atomic E-state index is 13.0. The fourth-order valence-corrected chi connectivity index (χ4v) is 4.69. The number of thiophene rings is 1. The molecule has 2 saturated heterocycles. The molecule has 2 amide bonds. The van der Waals surface area contributed by atoms with Crippen molar-refractivity contribution in [3.63, 3.8) is 0 Å².